The van der Waals surface area contributed by atoms with Crippen molar-refractivity contribution in [1.82, 2.24) is 4.90 Å². The van der Waals surface area contributed by atoms with Gasteiger partial charge in [-0.1, -0.05) is 13.8 Å². The zero-order valence-electron chi connectivity index (χ0n) is 9.70. The fourth-order valence-corrected chi connectivity index (χ4v) is 2.13. The van der Waals surface area contributed by atoms with Gasteiger partial charge < -0.3 is 15.7 Å². The first-order chi connectivity index (χ1) is 7.09. The normalized spacial score (nSPS) is 22.1. The fraction of sp³-hybridized carbons (Fsp3) is 0.909. The lowest BCUT2D eigenvalue weighted by molar-refractivity contribution is -0.138. The maximum atomic E-state index is 12.2. The van der Waals surface area contributed by atoms with Crippen LogP contribution in [0.15, 0.2) is 0 Å². The van der Waals surface area contributed by atoms with Gasteiger partial charge in [0.25, 0.3) is 0 Å². The van der Waals surface area contributed by atoms with Gasteiger partial charge in [0.05, 0.1) is 18.2 Å². The Morgan fingerprint density at radius 2 is 2.13 bits per heavy atom. The number of carbonyl (C=O) groups is 1. The van der Waals surface area contributed by atoms with Crippen LogP contribution < -0.4 is 5.73 Å². The van der Waals surface area contributed by atoms with Crippen molar-refractivity contribution < 1.29 is 9.90 Å². The average molecular weight is 214 g/mol. The van der Waals surface area contributed by atoms with Crippen molar-refractivity contribution in [2.45, 2.75) is 51.1 Å². The molecule has 0 aliphatic carbocycles. The summed E-state index contributed by atoms with van der Waals surface area (Å²) in [5, 5.41) is 9.16. The summed E-state index contributed by atoms with van der Waals surface area (Å²) in [4.78, 5) is 13.9. The molecular formula is C11H22N2O2. The molecule has 4 heteroatoms. The van der Waals surface area contributed by atoms with Gasteiger partial charge in [-0.15, -0.1) is 0 Å². The first-order valence-corrected chi connectivity index (χ1v) is 5.79. The Morgan fingerprint density at radius 3 is 2.60 bits per heavy atom. The SMILES string of the molecule is CCC(N)(CC)C(=O)N1CCC[C@@H]1CO. The van der Waals surface area contributed by atoms with E-state index in [1.807, 2.05) is 13.8 Å². The van der Waals surface area contributed by atoms with E-state index in [4.69, 9.17) is 10.8 Å². The van der Waals surface area contributed by atoms with Crippen LogP contribution >= 0.6 is 0 Å². The molecule has 15 heavy (non-hydrogen) atoms. The topological polar surface area (TPSA) is 66.6 Å². The number of hydrogen-bond donors (Lipinski definition) is 2. The Bertz CT molecular complexity index is 227. The standard InChI is InChI=1S/C11H22N2O2/c1-3-11(12,4-2)10(15)13-7-5-6-9(13)8-14/h9,14H,3-8,12H2,1-2H3/t9-/m1/s1. The first kappa shape index (κ1) is 12.5. The lowest BCUT2D eigenvalue weighted by Crippen LogP contribution is -2.56. The van der Waals surface area contributed by atoms with Crippen molar-refractivity contribution in [2.75, 3.05) is 13.2 Å². The molecule has 1 aliphatic heterocycles. The second-order valence-electron chi connectivity index (χ2n) is 4.34. The third-order valence-corrected chi connectivity index (χ3v) is 3.54. The van der Waals surface area contributed by atoms with Crippen LogP contribution in [0.3, 0.4) is 0 Å². The average Bonchev–Trinajstić information content (AvgIpc) is 2.74. The highest BCUT2D eigenvalue weighted by molar-refractivity contribution is 5.86. The van der Waals surface area contributed by atoms with E-state index in [-0.39, 0.29) is 18.6 Å². The van der Waals surface area contributed by atoms with Gasteiger partial charge in [-0.2, -0.15) is 0 Å². The molecule has 88 valence electrons. The lowest BCUT2D eigenvalue weighted by Gasteiger charge is -2.33. The van der Waals surface area contributed by atoms with E-state index in [0.717, 1.165) is 19.4 Å². The molecule has 1 fully saturated rings. The highest BCUT2D eigenvalue weighted by Crippen LogP contribution is 2.23. The highest BCUT2D eigenvalue weighted by Gasteiger charge is 2.38. The van der Waals surface area contributed by atoms with Gasteiger partial charge in [-0.05, 0) is 25.7 Å². The van der Waals surface area contributed by atoms with Gasteiger partial charge in [0.1, 0.15) is 0 Å². The van der Waals surface area contributed by atoms with E-state index in [0.29, 0.717) is 12.8 Å². The number of aliphatic hydroxyl groups excluding tert-OH is 1. The Labute approximate surface area is 91.4 Å². The Kier molecular flexibility index (Phi) is 4.11. The van der Waals surface area contributed by atoms with Crippen LogP contribution in [-0.2, 0) is 4.79 Å². The summed E-state index contributed by atoms with van der Waals surface area (Å²) in [6.45, 7) is 4.66. The molecule has 1 aliphatic rings. The second-order valence-corrected chi connectivity index (χ2v) is 4.34. The zero-order chi connectivity index (χ0) is 11.5. The lowest BCUT2D eigenvalue weighted by atomic mass is 9.92. The van der Waals surface area contributed by atoms with Crippen LogP contribution in [0, 0.1) is 0 Å². The van der Waals surface area contributed by atoms with Gasteiger partial charge in [-0.25, -0.2) is 0 Å². The summed E-state index contributed by atoms with van der Waals surface area (Å²) < 4.78 is 0. The van der Waals surface area contributed by atoms with Gasteiger partial charge in [0.2, 0.25) is 5.91 Å². The molecule has 1 atom stereocenters. The number of hydrogen-bond acceptors (Lipinski definition) is 3. The predicted molar refractivity (Wildman–Crippen MR) is 59.3 cm³/mol. The molecule has 0 aromatic carbocycles. The largest absolute Gasteiger partial charge is 0.394 e. The maximum absolute atomic E-state index is 12.2. The zero-order valence-corrected chi connectivity index (χ0v) is 9.70. The maximum Gasteiger partial charge on any atom is 0.242 e. The summed E-state index contributed by atoms with van der Waals surface area (Å²) in [7, 11) is 0. The predicted octanol–water partition coefficient (Wildman–Crippen LogP) is 0.487. The van der Waals surface area contributed by atoms with E-state index in [1.54, 1.807) is 4.90 Å². The third-order valence-electron chi connectivity index (χ3n) is 3.54. The Morgan fingerprint density at radius 1 is 1.53 bits per heavy atom. The molecule has 0 bridgehead atoms. The minimum Gasteiger partial charge on any atom is -0.394 e. The van der Waals surface area contributed by atoms with Crippen molar-refractivity contribution in [2.24, 2.45) is 5.73 Å². The number of rotatable bonds is 4. The fourth-order valence-electron chi connectivity index (χ4n) is 2.13. The molecule has 0 unspecified atom stereocenters. The number of carbonyl (C=O) groups excluding carboxylic acids is 1. The van der Waals surface area contributed by atoms with Crippen molar-refractivity contribution >= 4 is 5.91 Å². The van der Waals surface area contributed by atoms with E-state index in [9.17, 15) is 4.79 Å². The molecular weight excluding hydrogens is 192 g/mol. The van der Waals surface area contributed by atoms with E-state index in [1.165, 1.54) is 0 Å². The number of amides is 1. The van der Waals surface area contributed by atoms with Crippen LogP contribution in [0.2, 0.25) is 0 Å². The van der Waals surface area contributed by atoms with Crippen molar-refractivity contribution in [1.29, 1.82) is 0 Å². The molecule has 0 saturated carbocycles. The second kappa shape index (κ2) is 4.94. The summed E-state index contributed by atoms with van der Waals surface area (Å²) >= 11 is 0. The first-order valence-electron chi connectivity index (χ1n) is 5.79. The minimum absolute atomic E-state index is 0.00375. The Hall–Kier alpha value is -0.610. The van der Waals surface area contributed by atoms with Crippen LogP contribution in [-0.4, -0.2) is 40.6 Å². The minimum atomic E-state index is -0.738. The van der Waals surface area contributed by atoms with E-state index in [2.05, 4.69) is 0 Å². The summed E-state index contributed by atoms with van der Waals surface area (Å²) in [6, 6.07) is -0.0153. The monoisotopic (exact) mass is 214 g/mol. The summed E-state index contributed by atoms with van der Waals surface area (Å²) in [5.74, 6) is 0.00375. The molecule has 0 aromatic rings. The number of likely N-dealkylation sites (tertiary alicyclic amines) is 1. The van der Waals surface area contributed by atoms with E-state index >= 15 is 0 Å². The van der Waals surface area contributed by atoms with Crippen LogP contribution in [0.1, 0.15) is 39.5 Å². The molecule has 1 saturated heterocycles. The third kappa shape index (κ3) is 2.32. The number of aliphatic hydroxyl groups is 1. The van der Waals surface area contributed by atoms with Gasteiger partial charge in [0, 0.05) is 6.54 Å². The van der Waals surface area contributed by atoms with Crippen LogP contribution in [0.4, 0.5) is 0 Å². The molecule has 0 radical (unpaired) electrons. The molecule has 1 amide bonds. The molecule has 3 N–H and O–H groups in total. The van der Waals surface area contributed by atoms with Gasteiger partial charge in [0.15, 0.2) is 0 Å². The van der Waals surface area contributed by atoms with Crippen molar-refractivity contribution in [3.63, 3.8) is 0 Å². The Balaban J connectivity index is 2.74. The molecule has 1 rings (SSSR count). The van der Waals surface area contributed by atoms with Crippen molar-refractivity contribution in [3.05, 3.63) is 0 Å². The summed E-state index contributed by atoms with van der Waals surface area (Å²) in [5.41, 5.74) is 5.33. The highest BCUT2D eigenvalue weighted by atomic mass is 16.3. The smallest absolute Gasteiger partial charge is 0.242 e. The van der Waals surface area contributed by atoms with Gasteiger partial charge >= 0.3 is 0 Å². The molecule has 0 spiro atoms. The molecule has 4 nitrogen and oxygen atoms in total. The van der Waals surface area contributed by atoms with E-state index < -0.39 is 5.54 Å². The molecule has 1 heterocycles. The quantitative estimate of drug-likeness (QED) is 0.715. The summed E-state index contributed by atoms with van der Waals surface area (Å²) in [6.07, 6.45) is 3.17. The van der Waals surface area contributed by atoms with Crippen LogP contribution in [0.25, 0.3) is 0 Å². The van der Waals surface area contributed by atoms with Crippen LogP contribution in [0.5, 0.6) is 0 Å². The van der Waals surface area contributed by atoms with Gasteiger partial charge in [-0.3, -0.25) is 4.79 Å². The number of nitrogens with zero attached hydrogens (tertiary/aromatic N) is 1. The van der Waals surface area contributed by atoms with Crippen molar-refractivity contribution in [3.8, 4) is 0 Å². The number of nitrogens with two attached hydrogens (primary N) is 1. The molecule has 0 aromatic heterocycles.